The predicted octanol–water partition coefficient (Wildman–Crippen LogP) is 3.45. The minimum absolute atomic E-state index is 0.0535. The van der Waals surface area contributed by atoms with Crippen LogP contribution in [0.3, 0.4) is 0 Å². The van der Waals surface area contributed by atoms with E-state index in [0.717, 1.165) is 36.0 Å². The minimum atomic E-state index is -0.654. The highest BCUT2D eigenvalue weighted by atomic mass is 16.5. The molecule has 0 amide bonds. The zero-order valence-corrected chi connectivity index (χ0v) is 18.6. The van der Waals surface area contributed by atoms with E-state index in [1.807, 2.05) is 26.8 Å². The van der Waals surface area contributed by atoms with E-state index in [4.69, 9.17) is 9.47 Å². The van der Waals surface area contributed by atoms with Crippen LogP contribution in [0, 0.1) is 17.8 Å². The normalized spacial score (nSPS) is 35.3. The Morgan fingerprint density at radius 1 is 1.27 bits per heavy atom. The van der Waals surface area contributed by atoms with Gasteiger partial charge in [-0.3, -0.25) is 9.59 Å². The van der Waals surface area contributed by atoms with E-state index in [-0.39, 0.29) is 42.4 Å². The molecule has 6 heteroatoms. The molecule has 0 aromatic rings. The molecule has 2 N–H and O–H groups in total. The highest BCUT2D eigenvalue weighted by Crippen LogP contribution is 2.44. The second-order valence-electron chi connectivity index (χ2n) is 9.43. The van der Waals surface area contributed by atoms with Gasteiger partial charge in [0.05, 0.1) is 24.5 Å². The number of ether oxygens (including phenoxy) is 2. The van der Waals surface area contributed by atoms with Crippen LogP contribution in [0.1, 0.15) is 72.6 Å². The molecule has 0 aromatic heterocycles. The van der Waals surface area contributed by atoms with Crippen molar-refractivity contribution >= 4 is 11.9 Å². The lowest BCUT2D eigenvalue weighted by atomic mass is 9.70. The molecule has 2 aliphatic carbocycles. The quantitative estimate of drug-likeness (QED) is 0.639. The van der Waals surface area contributed by atoms with E-state index in [9.17, 15) is 19.8 Å². The fraction of sp³-hybridized carbons (Fsp3) is 0.750. The average molecular weight is 421 g/mol. The fourth-order valence-corrected chi connectivity index (χ4v) is 4.88. The van der Waals surface area contributed by atoms with Crippen molar-refractivity contribution in [3.05, 3.63) is 22.8 Å². The van der Waals surface area contributed by atoms with Gasteiger partial charge in [-0.15, -0.1) is 0 Å². The number of rotatable bonds is 6. The Balaban J connectivity index is 1.85. The number of aliphatic hydroxyl groups excluding tert-OH is 2. The Labute approximate surface area is 179 Å². The van der Waals surface area contributed by atoms with Gasteiger partial charge in [0.25, 0.3) is 0 Å². The van der Waals surface area contributed by atoms with Crippen molar-refractivity contribution in [1.82, 2.24) is 0 Å². The molecular weight excluding hydrogens is 384 g/mol. The van der Waals surface area contributed by atoms with Gasteiger partial charge in [-0.2, -0.15) is 0 Å². The molecule has 0 radical (unpaired) electrons. The van der Waals surface area contributed by atoms with Crippen LogP contribution < -0.4 is 0 Å². The molecule has 2 fully saturated rings. The van der Waals surface area contributed by atoms with Crippen LogP contribution in [-0.4, -0.2) is 46.6 Å². The number of carbonyl (C=O) groups excluding carboxylic acids is 2. The number of hydrogen-bond acceptors (Lipinski definition) is 6. The van der Waals surface area contributed by atoms with Crippen molar-refractivity contribution in [1.29, 1.82) is 0 Å². The Bertz CT molecular complexity index is 723. The van der Waals surface area contributed by atoms with Crippen LogP contribution >= 0.6 is 0 Å². The molecule has 1 aliphatic heterocycles. The van der Waals surface area contributed by atoms with Crippen molar-refractivity contribution < 1.29 is 29.3 Å². The highest BCUT2D eigenvalue weighted by Gasteiger charge is 2.38. The molecule has 0 bridgehead atoms. The third-order valence-corrected chi connectivity index (χ3v) is 6.88. The third kappa shape index (κ3) is 5.14. The molecule has 6 nitrogen and oxygen atoms in total. The van der Waals surface area contributed by atoms with Crippen molar-refractivity contribution in [2.24, 2.45) is 17.8 Å². The number of hydrogen-bond donors (Lipinski definition) is 2. The molecule has 1 unspecified atom stereocenters. The molecule has 0 aromatic carbocycles. The van der Waals surface area contributed by atoms with Gasteiger partial charge in [-0.05, 0) is 49.2 Å². The Kier molecular flexibility index (Phi) is 7.40. The van der Waals surface area contributed by atoms with E-state index in [1.165, 1.54) is 0 Å². The average Bonchev–Trinajstić information content (AvgIpc) is 2.67. The third-order valence-electron chi connectivity index (χ3n) is 6.88. The first-order valence-corrected chi connectivity index (χ1v) is 11.4. The second-order valence-corrected chi connectivity index (χ2v) is 9.43. The number of cyclic esters (lactones) is 1. The van der Waals surface area contributed by atoms with E-state index >= 15 is 0 Å². The zero-order chi connectivity index (χ0) is 22.0. The summed E-state index contributed by atoms with van der Waals surface area (Å²) in [5, 5.41) is 20.5. The largest absolute Gasteiger partial charge is 0.462 e. The molecule has 3 aliphatic rings. The van der Waals surface area contributed by atoms with Crippen LogP contribution in [0.5, 0.6) is 0 Å². The summed E-state index contributed by atoms with van der Waals surface area (Å²) < 4.78 is 11.4. The summed E-state index contributed by atoms with van der Waals surface area (Å²) in [6.45, 7) is 8.00. The summed E-state index contributed by atoms with van der Waals surface area (Å²) in [6, 6.07) is 0. The molecular formula is C24H36O6. The minimum Gasteiger partial charge on any atom is -0.462 e. The lowest BCUT2D eigenvalue weighted by Crippen LogP contribution is -2.36. The maximum absolute atomic E-state index is 12.6. The smallest absolute Gasteiger partial charge is 0.309 e. The number of esters is 2. The zero-order valence-electron chi connectivity index (χ0n) is 18.6. The van der Waals surface area contributed by atoms with Crippen LogP contribution in [0.25, 0.3) is 0 Å². The van der Waals surface area contributed by atoms with Gasteiger partial charge >= 0.3 is 11.9 Å². The molecule has 3 rings (SSSR count). The number of fused-ring (bicyclic) bond motifs is 1. The molecule has 1 saturated carbocycles. The van der Waals surface area contributed by atoms with Gasteiger partial charge in [-0.25, -0.2) is 0 Å². The topological polar surface area (TPSA) is 93.1 Å². The first-order valence-electron chi connectivity index (χ1n) is 11.4. The maximum Gasteiger partial charge on any atom is 0.309 e. The molecule has 1 saturated heterocycles. The van der Waals surface area contributed by atoms with E-state index < -0.39 is 12.2 Å². The highest BCUT2D eigenvalue weighted by molar-refractivity contribution is 5.73. The SMILES string of the molecule is CC[C@H](C)C(=O)O[C@H]1C[C@@H](C)CC2=CC(O)[C@H](C)C(CC[C@@H]3C[C@@H](O)CC(=O)O3)=C21. The van der Waals surface area contributed by atoms with Gasteiger partial charge in [0.15, 0.2) is 0 Å². The standard InChI is InChI=1S/C24H36O6/c1-5-14(3)24(28)30-21-9-13(2)8-16-10-20(26)15(4)19(23(16)21)7-6-18-11-17(25)12-22(27)29-18/h10,13-15,17-18,20-21,25-26H,5-9,11-12H2,1-4H3/t13-,14-,15+,17+,18+,20?,21-/m0/s1. The van der Waals surface area contributed by atoms with Gasteiger partial charge in [0.1, 0.15) is 12.2 Å². The molecule has 168 valence electrons. The van der Waals surface area contributed by atoms with Crippen molar-refractivity contribution in [3.63, 3.8) is 0 Å². The van der Waals surface area contributed by atoms with Crippen molar-refractivity contribution in [2.45, 2.75) is 97.1 Å². The monoisotopic (exact) mass is 420 g/mol. The Morgan fingerprint density at radius 3 is 2.67 bits per heavy atom. The van der Waals surface area contributed by atoms with Gasteiger partial charge in [0.2, 0.25) is 0 Å². The molecule has 1 heterocycles. The number of aliphatic hydroxyl groups is 2. The summed E-state index contributed by atoms with van der Waals surface area (Å²) >= 11 is 0. The second kappa shape index (κ2) is 9.65. The molecule has 0 spiro atoms. The summed E-state index contributed by atoms with van der Waals surface area (Å²) in [6.07, 6.45) is 4.17. The van der Waals surface area contributed by atoms with Crippen molar-refractivity contribution in [3.8, 4) is 0 Å². The van der Waals surface area contributed by atoms with E-state index in [2.05, 4.69) is 6.92 Å². The van der Waals surface area contributed by atoms with Crippen LogP contribution in [0.15, 0.2) is 22.8 Å². The Morgan fingerprint density at radius 2 is 2.00 bits per heavy atom. The Hall–Kier alpha value is -1.66. The summed E-state index contributed by atoms with van der Waals surface area (Å²) in [4.78, 5) is 24.2. The van der Waals surface area contributed by atoms with Gasteiger partial charge in [-0.1, -0.05) is 39.3 Å². The van der Waals surface area contributed by atoms with Gasteiger partial charge in [0, 0.05) is 12.3 Å². The van der Waals surface area contributed by atoms with Gasteiger partial charge < -0.3 is 19.7 Å². The lowest BCUT2D eigenvalue weighted by molar-refractivity contribution is -0.160. The van der Waals surface area contributed by atoms with E-state index in [1.54, 1.807) is 0 Å². The maximum atomic E-state index is 12.6. The summed E-state index contributed by atoms with van der Waals surface area (Å²) in [7, 11) is 0. The summed E-state index contributed by atoms with van der Waals surface area (Å²) in [5.74, 6) is -0.405. The van der Waals surface area contributed by atoms with Crippen LogP contribution in [-0.2, 0) is 19.1 Å². The predicted molar refractivity (Wildman–Crippen MR) is 112 cm³/mol. The van der Waals surface area contributed by atoms with Crippen LogP contribution in [0.2, 0.25) is 0 Å². The fourth-order valence-electron chi connectivity index (χ4n) is 4.88. The van der Waals surface area contributed by atoms with Crippen molar-refractivity contribution in [2.75, 3.05) is 0 Å². The first-order chi connectivity index (χ1) is 14.2. The molecule has 7 atom stereocenters. The first kappa shape index (κ1) is 23.0. The van der Waals surface area contributed by atoms with E-state index in [0.29, 0.717) is 25.2 Å². The number of carbonyl (C=O) groups is 2. The lowest BCUT2D eigenvalue weighted by Gasteiger charge is -2.39. The van der Waals surface area contributed by atoms with Crippen LogP contribution in [0.4, 0.5) is 0 Å². The summed E-state index contributed by atoms with van der Waals surface area (Å²) in [5.41, 5.74) is 3.23. The molecule has 30 heavy (non-hydrogen) atoms.